The standard InChI is InChI=1S/C17H17ClF3N3O4S/c1-10(11-4-3-5-13(6-11)29(22,26)27)24(2)16(25)12-7-14(18)15(23-8-12)28-9-17(19,20)21/h3-8,10H,9H2,1-2H3,(H2,22,26,27). The summed E-state index contributed by atoms with van der Waals surface area (Å²) < 4.78 is 64.2. The number of nitrogens with two attached hydrogens (primary N) is 1. The Labute approximate surface area is 170 Å². The second kappa shape index (κ2) is 8.56. The average molecular weight is 452 g/mol. The number of nitrogens with zero attached hydrogens (tertiary/aromatic N) is 2. The molecule has 0 bridgehead atoms. The molecule has 12 heteroatoms. The van der Waals surface area contributed by atoms with E-state index in [4.69, 9.17) is 16.7 Å². The Morgan fingerprint density at radius 1 is 1.34 bits per heavy atom. The first-order valence-corrected chi connectivity index (χ1v) is 9.97. The van der Waals surface area contributed by atoms with Gasteiger partial charge in [-0.3, -0.25) is 4.79 Å². The van der Waals surface area contributed by atoms with Gasteiger partial charge < -0.3 is 9.64 Å². The normalized spacial score (nSPS) is 13.1. The van der Waals surface area contributed by atoms with Gasteiger partial charge >= 0.3 is 6.18 Å². The monoisotopic (exact) mass is 451 g/mol. The molecule has 0 aliphatic carbocycles. The second-order valence-electron chi connectivity index (χ2n) is 6.12. The number of hydrogen-bond acceptors (Lipinski definition) is 5. The van der Waals surface area contributed by atoms with Crippen molar-refractivity contribution in [3.8, 4) is 5.88 Å². The predicted molar refractivity (Wildman–Crippen MR) is 99.1 cm³/mol. The summed E-state index contributed by atoms with van der Waals surface area (Å²) >= 11 is 5.87. The summed E-state index contributed by atoms with van der Waals surface area (Å²) in [6.45, 7) is 0.0976. The van der Waals surface area contributed by atoms with E-state index < -0.39 is 40.6 Å². The molecular weight excluding hydrogens is 435 g/mol. The van der Waals surface area contributed by atoms with Crippen molar-refractivity contribution in [2.45, 2.75) is 24.0 Å². The van der Waals surface area contributed by atoms with Crippen molar-refractivity contribution >= 4 is 27.5 Å². The number of pyridine rings is 1. The Kier molecular flexibility index (Phi) is 6.76. The van der Waals surface area contributed by atoms with Gasteiger partial charge in [-0.05, 0) is 30.7 Å². The molecule has 0 saturated carbocycles. The zero-order chi connectivity index (χ0) is 22.0. The van der Waals surface area contributed by atoms with Gasteiger partial charge in [0.05, 0.1) is 16.5 Å². The lowest BCUT2D eigenvalue weighted by Crippen LogP contribution is -2.30. The third-order valence-electron chi connectivity index (χ3n) is 4.00. The molecule has 0 aliphatic rings. The average Bonchev–Trinajstić information content (AvgIpc) is 2.64. The van der Waals surface area contributed by atoms with Crippen molar-refractivity contribution in [2.75, 3.05) is 13.7 Å². The fourth-order valence-electron chi connectivity index (χ4n) is 2.35. The number of benzene rings is 1. The summed E-state index contributed by atoms with van der Waals surface area (Å²) in [5.41, 5.74) is 0.530. The zero-order valence-electron chi connectivity index (χ0n) is 15.3. The molecule has 2 aromatic rings. The molecular formula is C17H17ClF3N3O4S. The minimum absolute atomic E-state index is 0.0197. The SMILES string of the molecule is CC(c1cccc(S(N)(=O)=O)c1)N(C)C(=O)c1cnc(OCC(F)(F)F)c(Cl)c1. The molecule has 0 aliphatic heterocycles. The first-order valence-electron chi connectivity index (χ1n) is 8.04. The molecule has 0 saturated heterocycles. The van der Waals surface area contributed by atoms with E-state index in [1.54, 1.807) is 13.0 Å². The predicted octanol–water partition coefficient (Wildman–Crippen LogP) is 3.16. The molecule has 1 amide bonds. The van der Waals surface area contributed by atoms with Gasteiger partial charge in [0.15, 0.2) is 6.61 Å². The molecule has 7 nitrogen and oxygen atoms in total. The van der Waals surface area contributed by atoms with Crippen LogP contribution >= 0.6 is 11.6 Å². The first kappa shape index (κ1) is 22.9. The van der Waals surface area contributed by atoms with Crippen LogP contribution in [-0.2, 0) is 10.0 Å². The van der Waals surface area contributed by atoms with Gasteiger partial charge in [0, 0.05) is 13.2 Å². The highest BCUT2D eigenvalue weighted by Gasteiger charge is 2.29. The maximum Gasteiger partial charge on any atom is 0.422 e. The Morgan fingerprint density at radius 2 is 2.00 bits per heavy atom. The molecule has 1 unspecified atom stereocenters. The van der Waals surface area contributed by atoms with Crippen LogP contribution < -0.4 is 9.88 Å². The lowest BCUT2D eigenvalue weighted by molar-refractivity contribution is -0.154. The number of amides is 1. The first-order chi connectivity index (χ1) is 13.3. The minimum atomic E-state index is -4.55. The summed E-state index contributed by atoms with van der Waals surface area (Å²) in [6, 6.07) is 6.40. The van der Waals surface area contributed by atoms with E-state index >= 15 is 0 Å². The smallest absolute Gasteiger partial charge is 0.422 e. The van der Waals surface area contributed by atoms with E-state index in [-0.39, 0.29) is 15.5 Å². The lowest BCUT2D eigenvalue weighted by Gasteiger charge is -2.25. The summed E-state index contributed by atoms with van der Waals surface area (Å²) in [5, 5.41) is 4.87. The number of hydrogen-bond donors (Lipinski definition) is 1. The molecule has 0 fully saturated rings. The number of carbonyl (C=O) groups is 1. The number of primary sulfonamides is 1. The highest BCUT2D eigenvalue weighted by atomic mass is 35.5. The largest absolute Gasteiger partial charge is 0.467 e. The number of halogens is 4. The van der Waals surface area contributed by atoms with E-state index in [0.717, 1.165) is 12.3 Å². The Hall–Kier alpha value is -2.37. The summed E-state index contributed by atoms with van der Waals surface area (Å²) in [7, 11) is -2.44. The van der Waals surface area contributed by atoms with Crippen molar-refractivity contribution < 1.29 is 31.1 Å². The van der Waals surface area contributed by atoms with Crippen LogP contribution in [0.2, 0.25) is 5.02 Å². The second-order valence-corrected chi connectivity index (χ2v) is 8.09. The van der Waals surface area contributed by atoms with Crippen LogP contribution in [0.5, 0.6) is 5.88 Å². The molecule has 0 spiro atoms. The van der Waals surface area contributed by atoms with E-state index in [1.807, 2.05) is 0 Å². The van der Waals surface area contributed by atoms with Gasteiger partial charge in [-0.15, -0.1) is 0 Å². The maximum absolute atomic E-state index is 12.7. The molecule has 2 rings (SSSR count). The number of carbonyl (C=O) groups excluding carboxylic acids is 1. The van der Waals surface area contributed by atoms with Crippen LogP contribution in [0, 0.1) is 0 Å². The molecule has 1 atom stereocenters. The number of ether oxygens (including phenoxy) is 1. The Balaban J connectivity index is 2.20. The van der Waals surface area contributed by atoms with E-state index in [0.29, 0.717) is 5.56 Å². The molecule has 1 aromatic carbocycles. The highest BCUT2D eigenvalue weighted by Crippen LogP contribution is 2.27. The minimum Gasteiger partial charge on any atom is -0.467 e. The molecule has 158 valence electrons. The third-order valence-corrected chi connectivity index (χ3v) is 5.18. The molecule has 29 heavy (non-hydrogen) atoms. The Morgan fingerprint density at radius 3 is 2.55 bits per heavy atom. The van der Waals surface area contributed by atoms with Crippen LogP contribution in [0.4, 0.5) is 13.2 Å². The fraction of sp³-hybridized carbons (Fsp3) is 0.294. The summed E-state index contributed by atoms with van der Waals surface area (Å²) in [4.78, 5) is 17.6. The summed E-state index contributed by atoms with van der Waals surface area (Å²) in [5.74, 6) is -0.979. The summed E-state index contributed by atoms with van der Waals surface area (Å²) in [6.07, 6.45) is -3.51. The maximum atomic E-state index is 12.7. The van der Waals surface area contributed by atoms with E-state index in [1.165, 1.54) is 30.1 Å². The quantitative estimate of drug-likeness (QED) is 0.726. The molecule has 2 N–H and O–H groups in total. The van der Waals surface area contributed by atoms with Crippen LogP contribution in [0.25, 0.3) is 0 Å². The van der Waals surface area contributed by atoms with Gasteiger partial charge in [0.2, 0.25) is 15.9 Å². The number of sulfonamides is 1. The van der Waals surface area contributed by atoms with Crippen molar-refractivity contribution in [1.29, 1.82) is 0 Å². The van der Waals surface area contributed by atoms with Crippen molar-refractivity contribution in [3.05, 3.63) is 52.7 Å². The van der Waals surface area contributed by atoms with Gasteiger partial charge in [0.25, 0.3) is 5.91 Å². The van der Waals surface area contributed by atoms with Crippen LogP contribution in [0.15, 0.2) is 41.4 Å². The Bertz CT molecular complexity index is 1020. The van der Waals surface area contributed by atoms with E-state index in [9.17, 15) is 26.4 Å². The third kappa shape index (κ3) is 6.05. The van der Waals surface area contributed by atoms with E-state index in [2.05, 4.69) is 9.72 Å². The van der Waals surface area contributed by atoms with Gasteiger partial charge in [0.1, 0.15) is 5.02 Å². The lowest BCUT2D eigenvalue weighted by atomic mass is 10.1. The number of aromatic nitrogens is 1. The van der Waals surface area contributed by atoms with Crippen molar-refractivity contribution in [1.82, 2.24) is 9.88 Å². The van der Waals surface area contributed by atoms with Crippen molar-refractivity contribution in [2.24, 2.45) is 5.14 Å². The number of rotatable bonds is 6. The molecule has 0 radical (unpaired) electrons. The zero-order valence-corrected chi connectivity index (χ0v) is 16.8. The molecule has 1 aromatic heterocycles. The molecule has 1 heterocycles. The van der Waals surface area contributed by atoms with Gasteiger partial charge in [-0.2, -0.15) is 13.2 Å². The fourth-order valence-corrected chi connectivity index (χ4v) is 3.14. The van der Waals surface area contributed by atoms with Gasteiger partial charge in [-0.1, -0.05) is 23.7 Å². The highest BCUT2D eigenvalue weighted by molar-refractivity contribution is 7.89. The number of alkyl halides is 3. The van der Waals surface area contributed by atoms with Crippen LogP contribution in [0.3, 0.4) is 0 Å². The van der Waals surface area contributed by atoms with Crippen molar-refractivity contribution in [3.63, 3.8) is 0 Å². The van der Waals surface area contributed by atoms with Gasteiger partial charge in [-0.25, -0.2) is 18.5 Å². The van der Waals surface area contributed by atoms with Crippen LogP contribution in [-0.4, -0.2) is 44.0 Å². The van der Waals surface area contributed by atoms with Crippen LogP contribution in [0.1, 0.15) is 28.9 Å². The topological polar surface area (TPSA) is 103 Å².